The first kappa shape index (κ1) is 16.3. The smallest absolute Gasteiger partial charge is 0.123 e. The van der Waals surface area contributed by atoms with E-state index in [1.54, 1.807) is 7.11 Å². The molecule has 3 nitrogen and oxygen atoms in total. The zero-order valence-corrected chi connectivity index (χ0v) is 13.8. The van der Waals surface area contributed by atoms with Crippen molar-refractivity contribution in [2.45, 2.75) is 51.1 Å². The number of benzene rings is 1. The van der Waals surface area contributed by atoms with Crippen molar-refractivity contribution < 1.29 is 4.74 Å². The van der Waals surface area contributed by atoms with Crippen molar-refractivity contribution in [1.82, 2.24) is 10.2 Å². The molecular formula is C18H30N2O. The van der Waals surface area contributed by atoms with E-state index in [4.69, 9.17) is 4.74 Å². The number of nitrogens with one attached hydrogen (secondary N) is 1. The Morgan fingerprint density at radius 3 is 2.62 bits per heavy atom. The summed E-state index contributed by atoms with van der Waals surface area (Å²) in [6.45, 7) is 4.18. The molecule has 0 radical (unpaired) electrons. The summed E-state index contributed by atoms with van der Waals surface area (Å²) in [6.07, 6.45) is 6.88. The lowest BCUT2D eigenvalue weighted by atomic mass is 9.94. The lowest BCUT2D eigenvalue weighted by Gasteiger charge is -2.34. The van der Waals surface area contributed by atoms with Crippen LogP contribution in [-0.4, -0.2) is 38.2 Å². The number of nitrogens with zero attached hydrogens (tertiary/aromatic N) is 1. The van der Waals surface area contributed by atoms with E-state index < -0.39 is 0 Å². The van der Waals surface area contributed by atoms with Crippen LogP contribution >= 0.6 is 0 Å². The highest BCUT2D eigenvalue weighted by molar-refractivity contribution is 5.36. The van der Waals surface area contributed by atoms with Crippen LogP contribution in [0.5, 0.6) is 5.75 Å². The second-order valence-corrected chi connectivity index (χ2v) is 6.08. The first-order valence-corrected chi connectivity index (χ1v) is 8.32. The molecule has 0 saturated heterocycles. The largest absolute Gasteiger partial charge is 0.496 e. The average molecular weight is 290 g/mol. The minimum atomic E-state index is 0.332. The maximum Gasteiger partial charge on any atom is 0.123 e. The van der Waals surface area contributed by atoms with Gasteiger partial charge in [-0.1, -0.05) is 44.4 Å². The van der Waals surface area contributed by atoms with E-state index in [-0.39, 0.29) is 0 Å². The van der Waals surface area contributed by atoms with Gasteiger partial charge in [-0.3, -0.25) is 0 Å². The molecule has 2 rings (SSSR count). The molecule has 3 heteroatoms. The number of ether oxygens (including phenoxy) is 1. The van der Waals surface area contributed by atoms with E-state index in [0.717, 1.165) is 24.9 Å². The summed E-state index contributed by atoms with van der Waals surface area (Å²) in [5.41, 5.74) is 1.27. The molecular weight excluding hydrogens is 260 g/mol. The fourth-order valence-corrected chi connectivity index (χ4v) is 3.43. The summed E-state index contributed by atoms with van der Waals surface area (Å²) in [5.74, 6) is 0.987. The molecule has 0 aromatic heterocycles. The molecule has 1 aromatic carbocycles. The number of likely N-dealkylation sites (N-methyl/N-ethyl adjacent to an activating group) is 2. The van der Waals surface area contributed by atoms with E-state index in [1.807, 2.05) is 6.07 Å². The van der Waals surface area contributed by atoms with Gasteiger partial charge < -0.3 is 15.0 Å². The molecule has 118 valence electrons. The van der Waals surface area contributed by atoms with Crippen LogP contribution in [0, 0.1) is 0 Å². The topological polar surface area (TPSA) is 24.5 Å². The highest BCUT2D eigenvalue weighted by Crippen LogP contribution is 2.28. The third-order valence-electron chi connectivity index (χ3n) is 4.63. The molecule has 0 spiro atoms. The van der Waals surface area contributed by atoms with Crippen LogP contribution in [0.4, 0.5) is 0 Å². The summed E-state index contributed by atoms with van der Waals surface area (Å²) in [4.78, 5) is 2.54. The minimum Gasteiger partial charge on any atom is -0.496 e. The Morgan fingerprint density at radius 1 is 1.24 bits per heavy atom. The predicted octanol–water partition coefficient (Wildman–Crippen LogP) is 3.61. The minimum absolute atomic E-state index is 0.332. The molecule has 0 heterocycles. The van der Waals surface area contributed by atoms with Crippen LogP contribution in [0.25, 0.3) is 0 Å². The number of hydrogen-bond acceptors (Lipinski definition) is 3. The molecule has 0 bridgehead atoms. The first-order valence-electron chi connectivity index (χ1n) is 8.32. The van der Waals surface area contributed by atoms with Gasteiger partial charge in [0.05, 0.1) is 7.11 Å². The number of methoxy groups -OCH3 is 1. The number of rotatable bonds is 7. The zero-order chi connectivity index (χ0) is 15.1. The fraction of sp³-hybridized carbons (Fsp3) is 0.667. The molecule has 1 aliphatic rings. The average Bonchev–Trinajstić information content (AvgIpc) is 2.55. The second-order valence-electron chi connectivity index (χ2n) is 6.08. The van der Waals surface area contributed by atoms with Gasteiger partial charge in [0.2, 0.25) is 0 Å². The Morgan fingerprint density at radius 2 is 1.95 bits per heavy atom. The molecule has 1 fully saturated rings. The van der Waals surface area contributed by atoms with Crippen LogP contribution in [0.15, 0.2) is 24.3 Å². The summed E-state index contributed by atoms with van der Waals surface area (Å²) in [5, 5.41) is 3.62. The molecule has 1 atom stereocenters. The molecule has 21 heavy (non-hydrogen) atoms. The molecule has 0 amide bonds. The highest BCUT2D eigenvalue weighted by atomic mass is 16.5. The third kappa shape index (κ3) is 4.45. The van der Waals surface area contributed by atoms with Crippen LogP contribution < -0.4 is 10.1 Å². The Labute approximate surface area is 129 Å². The van der Waals surface area contributed by atoms with Gasteiger partial charge in [-0.2, -0.15) is 0 Å². The van der Waals surface area contributed by atoms with Gasteiger partial charge in [-0.15, -0.1) is 0 Å². The van der Waals surface area contributed by atoms with Gasteiger partial charge in [-0.25, -0.2) is 0 Å². The van der Waals surface area contributed by atoms with Gasteiger partial charge in [0.15, 0.2) is 0 Å². The molecule has 1 aromatic rings. The Kier molecular flexibility index (Phi) is 6.52. The summed E-state index contributed by atoms with van der Waals surface area (Å²) >= 11 is 0. The standard InChI is InChI=1S/C18H30N2O/c1-4-19-17(16-12-8-9-13-18(16)21-3)14-20(2)15-10-6-5-7-11-15/h8-9,12-13,15,17,19H,4-7,10-11,14H2,1-3H3. The molecule has 1 saturated carbocycles. The Hall–Kier alpha value is -1.06. The molecule has 1 unspecified atom stereocenters. The van der Waals surface area contributed by atoms with Gasteiger partial charge >= 0.3 is 0 Å². The van der Waals surface area contributed by atoms with Crippen molar-refractivity contribution in [2.24, 2.45) is 0 Å². The van der Waals surface area contributed by atoms with Crippen molar-refractivity contribution in [2.75, 3.05) is 27.2 Å². The van der Waals surface area contributed by atoms with Crippen molar-refractivity contribution in [3.05, 3.63) is 29.8 Å². The predicted molar refractivity (Wildman–Crippen MR) is 88.9 cm³/mol. The van der Waals surface area contributed by atoms with E-state index in [1.165, 1.54) is 37.7 Å². The molecule has 1 aliphatic carbocycles. The van der Waals surface area contributed by atoms with Crippen molar-refractivity contribution in [3.8, 4) is 5.75 Å². The summed E-state index contributed by atoms with van der Waals surface area (Å²) in [6, 6.07) is 9.45. The Balaban J connectivity index is 2.07. The maximum absolute atomic E-state index is 5.54. The summed E-state index contributed by atoms with van der Waals surface area (Å²) in [7, 11) is 4.03. The normalized spacial score (nSPS) is 17.9. The van der Waals surface area contributed by atoms with E-state index in [0.29, 0.717) is 6.04 Å². The highest BCUT2D eigenvalue weighted by Gasteiger charge is 2.22. The van der Waals surface area contributed by atoms with Crippen molar-refractivity contribution >= 4 is 0 Å². The van der Waals surface area contributed by atoms with Gasteiger partial charge in [0.1, 0.15) is 5.75 Å². The monoisotopic (exact) mass is 290 g/mol. The third-order valence-corrected chi connectivity index (χ3v) is 4.63. The molecule has 0 aliphatic heterocycles. The number of hydrogen-bond donors (Lipinski definition) is 1. The zero-order valence-electron chi connectivity index (χ0n) is 13.8. The van der Waals surface area contributed by atoms with E-state index in [9.17, 15) is 0 Å². The lowest BCUT2D eigenvalue weighted by molar-refractivity contribution is 0.174. The maximum atomic E-state index is 5.54. The number of para-hydroxylation sites is 1. The van der Waals surface area contributed by atoms with Crippen LogP contribution in [0.1, 0.15) is 50.6 Å². The Bertz CT molecular complexity index is 415. The fourth-order valence-electron chi connectivity index (χ4n) is 3.43. The van der Waals surface area contributed by atoms with E-state index in [2.05, 4.69) is 42.4 Å². The van der Waals surface area contributed by atoms with Crippen LogP contribution in [0.3, 0.4) is 0 Å². The second kappa shape index (κ2) is 8.40. The van der Waals surface area contributed by atoms with Gasteiger partial charge in [0, 0.05) is 24.2 Å². The lowest BCUT2D eigenvalue weighted by Crippen LogP contribution is -2.40. The molecule has 1 N–H and O–H groups in total. The first-order chi connectivity index (χ1) is 10.3. The SMILES string of the molecule is CCNC(CN(C)C1CCCCC1)c1ccccc1OC. The van der Waals surface area contributed by atoms with Crippen LogP contribution in [0.2, 0.25) is 0 Å². The summed E-state index contributed by atoms with van der Waals surface area (Å²) < 4.78 is 5.54. The van der Waals surface area contributed by atoms with Gasteiger partial charge in [-0.05, 0) is 32.5 Å². The van der Waals surface area contributed by atoms with Crippen molar-refractivity contribution in [1.29, 1.82) is 0 Å². The van der Waals surface area contributed by atoms with E-state index >= 15 is 0 Å². The van der Waals surface area contributed by atoms with Crippen molar-refractivity contribution in [3.63, 3.8) is 0 Å². The quantitative estimate of drug-likeness (QED) is 0.830. The van der Waals surface area contributed by atoms with Crippen LogP contribution in [-0.2, 0) is 0 Å². The van der Waals surface area contributed by atoms with Gasteiger partial charge in [0.25, 0.3) is 0 Å².